The van der Waals surface area contributed by atoms with Crippen LogP contribution in [0.5, 0.6) is 5.75 Å². The lowest BCUT2D eigenvalue weighted by atomic mass is 9.78. The molecule has 172 valence electrons. The highest BCUT2D eigenvalue weighted by Gasteiger charge is 2.37. The first-order chi connectivity index (χ1) is 16.5. The molecule has 0 radical (unpaired) electrons. The van der Waals surface area contributed by atoms with E-state index in [4.69, 9.17) is 16.3 Å². The minimum absolute atomic E-state index is 0.0208. The second kappa shape index (κ2) is 8.83. The van der Waals surface area contributed by atoms with Crippen molar-refractivity contribution < 1.29 is 14.5 Å². The van der Waals surface area contributed by atoms with Crippen LogP contribution in [-0.2, 0) is 4.79 Å². The number of benzene rings is 3. The molecule has 0 saturated carbocycles. The van der Waals surface area contributed by atoms with Gasteiger partial charge in [-0.25, -0.2) is 0 Å². The van der Waals surface area contributed by atoms with Crippen molar-refractivity contribution in [3.63, 3.8) is 0 Å². The Morgan fingerprint density at radius 2 is 1.76 bits per heavy atom. The fraction of sp³-hybridized carbons (Fsp3) is 0.192. The lowest BCUT2D eigenvalue weighted by molar-refractivity contribution is -0.384. The van der Waals surface area contributed by atoms with Crippen LogP contribution in [0.4, 0.5) is 17.1 Å². The first-order valence-corrected chi connectivity index (χ1v) is 11.3. The molecule has 0 bridgehead atoms. The monoisotopic (exact) mass is 475 g/mol. The van der Waals surface area contributed by atoms with Gasteiger partial charge in [0.2, 0.25) is 0 Å². The first kappa shape index (κ1) is 22.0. The van der Waals surface area contributed by atoms with E-state index in [0.29, 0.717) is 24.0 Å². The third-order valence-electron chi connectivity index (χ3n) is 6.39. The summed E-state index contributed by atoms with van der Waals surface area (Å²) in [6.45, 7) is 0. The molecule has 2 unspecified atom stereocenters. The number of anilines is 2. The van der Waals surface area contributed by atoms with Crippen molar-refractivity contribution in [1.29, 1.82) is 0 Å². The van der Waals surface area contributed by atoms with E-state index in [0.717, 1.165) is 28.4 Å². The van der Waals surface area contributed by atoms with Gasteiger partial charge < -0.3 is 15.4 Å². The largest absolute Gasteiger partial charge is 0.496 e. The number of carbonyl (C=O) groups excluding carboxylic acids is 1. The van der Waals surface area contributed by atoms with E-state index >= 15 is 0 Å². The molecule has 0 saturated heterocycles. The molecule has 8 heteroatoms. The minimum atomic E-state index is -0.562. The zero-order valence-electron chi connectivity index (χ0n) is 18.4. The zero-order chi connectivity index (χ0) is 23.8. The standard InChI is InChI=1S/C26H22ClN3O4/c1-34-24-9-5-2-6-17(24)16-12-21-25(23(31)14-16)26(29-20-8-4-3-7-19(20)28-21)15-10-11-18(27)22(13-15)30(32)33/h2-11,13,16,26,28-29H,12,14H2,1H3. The van der Waals surface area contributed by atoms with Gasteiger partial charge in [-0.15, -0.1) is 0 Å². The van der Waals surface area contributed by atoms with Gasteiger partial charge in [-0.05, 0) is 41.8 Å². The third-order valence-corrected chi connectivity index (χ3v) is 6.71. The van der Waals surface area contributed by atoms with Gasteiger partial charge >= 0.3 is 0 Å². The van der Waals surface area contributed by atoms with Crippen molar-refractivity contribution in [2.75, 3.05) is 17.7 Å². The number of nitro benzene ring substituents is 1. The number of hydrogen-bond donors (Lipinski definition) is 2. The van der Waals surface area contributed by atoms with Gasteiger partial charge in [0.1, 0.15) is 10.8 Å². The molecule has 0 aromatic heterocycles. The summed E-state index contributed by atoms with van der Waals surface area (Å²) in [6, 6.07) is 19.5. The van der Waals surface area contributed by atoms with Crippen molar-refractivity contribution in [3.8, 4) is 5.75 Å². The molecule has 1 aliphatic heterocycles. The van der Waals surface area contributed by atoms with Crippen LogP contribution in [0.15, 0.2) is 78.0 Å². The number of methoxy groups -OCH3 is 1. The fourth-order valence-corrected chi connectivity index (χ4v) is 5.00. The quantitative estimate of drug-likeness (QED) is 0.343. The average Bonchev–Trinajstić information content (AvgIpc) is 3.01. The van der Waals surface area contributed by atoms with E-state index in [9.17, 15) is 14.9 Å². The lowest BCUT2D eigenvalue weighted by Gasteiger charge is -2.30. The predicted octanol–water partition coefficient (Wildman–Crippen LogP) is 6.24. The molecule has 0 spiro atoms. The van der Waals surface area contributed by atoms with Crippen LogP contribution in [0.2, 0.25) is 5.02 Å². The van der Waals surface area contributed by atoms with Crippen LogP contribution in [0.25, 0.3) is 0 Å². The Balaban J connectivity index is 1.64. The summed E-state index contributed by atoms with van der Waals surface area (Å²) in [6.07, 6.45) is 0.911. The predicted molar refractivity (Wildman–Crippen MR) is 132 cm³/mol. The molecule has 0 amide bonds. The van der Waals surface area contributed by atoms with Gasteiger partial charge in [-0.1, -0.05) is 48.0 Å². The summed E-state index contributed by atoms with van der Waals surface area (Å²) >= 11 is 6.06. The highest BCUT2D eigenvalue weighted by Crippen LogP contribution is 2.46. The number of nitro groups is 1. The van der Waals surface area contributed by atoms with Gasteiger partial charge in [0.15, 0.2) is 5.78 Å². The van der Waals surface area contributed by atoms with Gasteiger partial charge in [0, 0.05) is 29.7 Å². The molecule has 2 N–H and O–H groups in total. The molecule has 5 rings (SSSR count). The Bertz CT molecular complexity index is 1340. The summed E-state index contributed by atoms with van der Waals surface area (Å²) in [5.74, 6) is 0.675. The number of rotatable bonds is 4. The third kappa shape index (κ3) is 3.88. The number of nitrogens with one attached hydrogen (secondary N) is 2. The number of carbonyl (C=O) groups is 1. The maximum atomic E-state index is 13.6. The van der Waals surface area contributed by atoms with Crippen molar-refractivity contribution in [2.45, 2.75) is 24.8 Å². The molecule has 3 aromatic rings. The number of ketones is 1. The first-order valence-electron chi connectivity index (χ1n) is 10.9. The van der Waals surface area contributed by atoms with Crippen molar-refractivity contribution >= 4 is 34.4 Å². The van der Waals surface area contributed by atoms with Gasteiger partial charge in [-0.3, -0.25) is 14.9 Å². The second-order valence-corrected chi connectivity index (χ2v) is 8.79. The molecular formula is C26H22ClN3O4. The Hall–Kier alpha value is -3.84. The average molecular weight is 476 g/mol. The van der Waals surface area contributed by atoms with Crippen LogP contribution in [0.1, 0.15) is 35.9 Å². The number of fused-ring (bicyclic) bond motifs is 1. The number of Topliss-reactive ketones (excluding diaryl/α,β-unsaturated/α-hetero) is 1. The number of hydrogen-bond acceptors (Lipinski definition) is 6. The van der Waals surface area contributed by atoms with Crippen LogP contribution in [0, 0.1) is 10.1 Å². The van der Waals surface area contributed by atoms with E-state index in [2.05, 4.69) is 10.6 Å². The number of allylic oxidation sites excluding steroid dienone is 1. The van der Waals surface area contributed by atoms with E-state index in [1.54, 1.807) is 13.2 Å². The lowest BCUT2D eigenvalue weighted by Crippen LogP contribution is -2.27. The molecular weight excluding hydrogens is 454 g/mol. The normalized spacial score (nSPS) is 19.3. The molecule has 1 heterocycles. The molecule has 2 atom stereocenters. The van der Waals surface area contributed by atoms with E-state index in [1.165, 1.54) is 12.1 Å². The van der Waals surface area contributed by atoms with Crippen molar-refractivity contribution in [3.05, 3.63) is 104 Å². The Morgan fingerprint density at radius 3 is 2.53 bits per heavy atom. The van der Waals surface area contributed by atoms with Crippen LogP contribution < -0.4 is 15.4 Å². The Kier molecular flexibility index (Phi) is 5.71. The molecule has 2 aliphatic rings. The summed E-state index contributed by atoms with van der Waals surface area (Å²) in [5.41, 5.74) is 4.42. The number of para-hydroxylation sites is 3. The molecule has 1 aliphatic carbocycles. The summed E-state index contributed by atoms with van der Waals surface area (Å²) in [4.78, 5) is 24.7. The second-order valence-electron chi connectivity index (χ2n) is 8.38. The number of ether oxygens (including phenoxy) is 1. The molecule has 3 aromatic carbocycles. The fourth-order valence-electron chi connectivity index (χ4n) is 4.82. The number of halogens is 1. The number of nitrogens with zero attached hydrogens (tertiary/aromatic N) is 1. The highest BCUT2D eigenvalue weighted by molar-refractivity contribution is 6.32. The Labute approximate surface area is 201 Å². The maximum absolute atomic E-state index is 13.6. The van der Waals surface area contributed by atoms with E-state index in [-0.39, 0.29) is 22.4 Å². The minimum Gasteiger partial charge on any atom is -0.496 e. The van der Waals surface area contributed by atoms with Crippen molar-refractivity contribution in [2.24, 2.45) is 0 Å². The highest BCUT2D eigenvalue weighted by atomic mass is 35.5. The zero-order valence-corrected chi connectivity index (χ0v) is 19.1. The smallest absolute Gasteiger partial charge is 0.288 e. The van der Waals surface area contributed by atoms with Gasteiger partial charge in [0.25, 0.3) is 5.69 Å². The molecule has 7 nitrogen and oxygen atoms in total. The van der Waals surface area contributed by atoms with E-state index < -0.39 is 11.0 Å². The Morgan fingerprint density at radius 1 is 1.03 bits per heavy atom. The molecule has 34 heavy (non-hydrogen) atoms. The SMILES string of the molecule is COc1ccccc1C1CC(=O)C2=C(C1)Nc1ccccc1NC2c1ccc(Cl)c([N+](=O)[O-])c1. The van der Waals surface area contributed by atoms with Crippen LogP contribution >= 0.6 is 11.6 Å². The van der Waals surface area contributed by atoms with Crippen LogP contribution in [0.3, 0.4) is 0 Å². The van der Waals surface area contributed by atoms with Crippen LogP contribution in [-0.4, -0.2) is 17.8 Å². The maximum Gasteiger partial charge on any atom is 0.288 e. The van der Waals surface area contributed by atoms with E-state index in [1.807, 2.05) is 48.5 Å². The summed E-state index contributed by atoms with van der Waals surface area (Å²) < 4.78 is 5.55. The van der Waals surface area contributed by atoms with Gasteiger partial charge in [0.05, 0.1) is 29.4 Å². The summed E-state index contributed by atoms with van der Waals surface area (Å²) in [7, 11) is 1.63. The molecule has 0 fully saturated rings. The van der Waals surface area contributed by atoms with Crippen molar-refractivity contribution in [1.82, 2.24) is 0 Å². The van der Waals surface area contributed by atoms with Gasteiger partial charge in [-0.2, -0.15) is 0 Å². The summed E-state index contributed by atoms with van der Waals surface area (Å²) in [5, 5.41) is 18.5. The topological polar surface area (TPSA) is 93.5 Å².